The molecule has 3 atom stereocenters. The Labute approximate surface area is 178 Å². The van der Waals surface area contributed by atoms with Crippen LogP contribution in [0, 0.1) is 27.9 Å². The number of nitro benzene ring substituents is 1. The highest BCUT2D eigenvalue weighted by atomic mass is 35.5. The Morgan fingerprint density at radius 2 is 2.07 bits per heavy atom. The molecule has 0 spiro atoms. The maximum absolute atomic E-state index is 12.9. The van der Waals surface area contributed by atoms with Crippen LogP contribution in [0.2, 0.25) is 5.02 Å². The van der Waals surface area contributed by atoms with Crippen molar-refractivity contribution in [3.8, 4) is 5.75 Å². The summed E-state index contributed by atoms with van der Waals surface area (Å²) < 4.78 is 30.6. The molecule has 0 aliphatic heterocycles. The molecule has 1 aliphatic rings. The van der Waals surface area contributed by atoms with Crippen LogP contribution >= 0.6 is 11.6 Å². The molecule has 30 heavy (non-hydrogen) atoms. The quantitative estimate of drug-likeness (QED) is 0.388. The Bertz CT molecular complexity index is 913. The molecule has 0 amide bonds. The molecule has 0 bridgehead atoms. The molecule has 2 aromatic rings. The number of ether oxygens (including phenoxy) is 1. The molecule has 1 aliphatic carbocycles. The predicted octanol–water partition coefficient (Wildman–Crippen LogP) is 5.27. The fourth-order valence-electron chi connectivity index (χ4n) is 4.06. The van der Waals surface area contributed by atoms with Gasteiger partial charge in [-0.3, -0.25) is 10.1 Å². The van der Waals surface area contributed by atoms with Crippen molar-refractivity contribution >= 4 is 23.0 Å². The minimum atomic E-state index is -2.98. The number of rotatable bonds is 10. The van der Waals surface area contributed by atoms with Gasteiger partial charge in [0.25, 0.3) is 5.69 Å². The van der Waals surface area contributed by atoms with Crippen molar-refractivity contribution in [2.45, 2.75) is 32.9 Å². The lowest BCUT2D eigenvalue weighted by Gasteiger charge is -2.17. The Balaban J connectivity index is 1.87. The van der Waals surface area contributed by atoms with Gasteiger partial charge in [-0.25, -0.2) is 0 Å². The highest BCUT2D eigenvalue weighted by molar-refractivity contribution is 6.31. The number of alkyl halides is 2. The summed E-state index contributed by atoms with van der Waals surface area (Å²) in [6.45, 7) is -0.697. The van der Waals surface area contributed by atoms with Crippen LogP contribution in [0.1, 0.15) is 24.5 Å². The molecule has 1 saturated carbocycles. The standard InChI is InChI=1S/C21H23ClF2N2O4/c1-12-15(7-8-27)16(12)9-13-3-2-4-20(30-21(23)24)17(13)11-25-18-10-14(22)5-6-19(18)26(28)29/h2-6,10,12,15-16,21,25,27H,7-9,11H2,1H3/t12-,15+,16-/m0/s1. The largest absolute Gasteiger partial charge is 0.434 e. The fraction of sp³-hybridized carbons (Fsp3) is 0.429. The smallest absolute Gasteiger partial charge is 0.387 e. The van der Waals surface area contributed by atoms with Crippen LogP contribution < -0.4 is 10.1 Å². The van der Waals surface area contributed by atoms with Gasteiger partial charge in [-0.2, -0.15) is 8.78 Å². The normalized spacial score (nSPS) is 20.3. The van der Waals surface area contributed by atoms with Crippen molar-refractivity contribution in [2.75, 3.05) is 11.9 Å². The first-order valence-electron chi connectivity index (χ1n) is 9.66. The molecule has 0 aromatic heterocycles. The van der Waals surface area contributed by atoms with Gasteiger partial charge < -0.3 is 15.2 Å². The van der Waals surface area contributed by atoms with Gasteiger partial charge in [-0.15, -0.1) is 0 Å². The predicted molar refractivity (Wildman–Crippen MR) is 110 cm³/mol. The van der Waals surface area contributed by atoms with Crippen LogP contribution in [0.5, 0.6) is 5.75 Å². The first kappa shape index (κ1) is 22.2. The van der Waals surface area contributed by atoms with Gasteiger partial charge in [0.1, 0.15) is 11.4 Å². The summed E-state index contributed by atoms with van der Waals surface area (Å²) in [5.74, 6) is 1.21. The molecule has 9 heteroatoms. The van der Waals surface area contributed by atoms with E-state index < -0.39 is 11.5 Å². The summed E-state index contributed by atoms with van der Waals surface area (Å²) in [5.41, 5.74) is 1.40. The maximum Gasteiger partial charge on any atom is 0.387 e. The van der Waals surface area contributed by atoms with E-state index in [4.69, 9.17) is 16.3 Å². The summed E-state index contributed by atoms with van der Waals surface area (Å²) >= 11 is 5.97. The van der Waals surface area contributed by atoms with Crippen molar-refractivity contribution in [2.24, 2.45) is 17.8 Å². The highest BCUT2D eigenvalue weighted by Gasteiger charge is 2.45. The molecular weight excluding hydrogens is 418 g/mol. The minimum absolute atomic E-state index is 0.0340. The second-order valence-electron chi connectivity index (χ2n) is 7.45. The monoisotopic (exact) mass is 440 g/mol. The Morgan fingerprint density at radius 3 is 2.73 bits per heavy atom. The number of nitrogens with one attached hydrogen (secondary N) is 1. The number of anilines is 1. The van der Waals surface area contributed by atoms with Gasteiger partial charge in [0, 0.05) is 29.8 Å². The van der Waals surface area contributed by atoms with Crippen molar-refractivity contribution in [1.82, 2.24) is 0 Å². The summed E-state index contributed by atoms with van der Waals surface area (Å²) in [6.07, 6.45) is 1.36. The number of aliphatic hydroxyl groups excluding tert-OH is 1. The van der Waals surface area contributed by atoms with E-state index in [9.17, 15) is 24.0 Å². The third-order valence-corrected chi connectivity index (χ3v) is 5.97. The average molecular weight is 441 g/mol. The zero-order valence-electron chi connectivity index (χ0n) is 16.4. The van der Waals surface area contributed by atoms with E-state index in [1.807, 2.05) is 6.07 Å². The number of benzene rings is 2. The molecule has 2 N–H and O–H groups in total. The fourth-order valence-corrected chi connectivity index (χ4v) is 4.23. The lowest BCUT2D eigenvalue weighted by Crippen LogP contribution is -2.11. The Morgan fingerprint density at radius 1 is 1.30 bits per heavy atom. The van der Waals surface area contributed by atoms with Gasteiger partial charge >= 0.3 is 6.61 Å². The van der Waals surface area contributed by atoms with Crippen LogP contribution in [0.4, 0.5) is 20.2 Å². The van der Waals surface area contributed by atoms with E-state index in [1.165, 1.54) is 24.3 Å². The molecule has 6 nitrogen and oxygen atoms in total. The second-order valence-corrected chi connectivity index (χ2v) is 7.88. The topological polar surface area (TPSA) is 84.6 Å². The zero-order chi connectivity index (χ0) is 21.8. The number of nitrogens with zero attached hydrogens (tertiary/aromatic N) is 1. The van der Waals surface area contributed by atoms with Crippen molar-refractivity contribution < 1.29 is 23.5 Å². The third kappa shape index (κ3) is 5.17. The average Bonchev–Trinajstić information content (AvgIpc) is 3.28. The highest BCUT2D eigenvalue weighted by Crippen LogP contribution is 2.50. The molecule has 0 heterocycles. The van der Waals surface area contributed by atoms with E-state index in [-0.39, 0.29) is 30.3 Å². The lowest BCUT2D eigenvalue weighted by atomic mass is 9.99. The van der Waals surface area contributed by atoms with Crippen LogP contribution in [-0.2, 0) is 13.0 Å². The zero-order valence-corrected chi connectivity index (χ0v) is 17.1. The van der Waals surface area contributed by atoms with E-state index in [0.717, 1.165) is 5.56 Å². The van der Waals surface area contributed by atoms with Gasteiger partial charge in [-0.1, -0.05) is 30.7 Å². The van der Waals surface area contributed by atoms with Crippen LogP contribution in [0.25, 0.3) is 0 Å². The van der Waals surface area contributed by atoms with Gasteiger partial charge in [-0.05, 0) is 54.4 Å². The third-order valence-electron chi connectivity index (χ3n) is 5.73. The first-order valence-corrected chi connectivity index (χ1v) is 10.0. The Kier molecular flexibility index (Phi) is 7.10. The number of hydrogen-bond donors (Lipinski definition) is 2. The second kappa shape index (κ2) is 9.57. The molecule has 0 saturated heterocycles. The van der Waals surface area contributed by atoms with Crippen molar-refractivity contribution in [1.29, 1.82) is 0 Å². The molecule has 1 fully saturated rings. The molecule has 0 unspecified atom stereocenters. The molecule has 162 valence electrons. The number of hydrogen-bond acceptors (Lipinski definition) is 5. The minimum Gasteiger partial charge on any atom is -0.434 e. The van der Waals surface area contributed by atoms with Gasteiger partial charge in [0.15, 0.2) is 0 Å². The van der Waals surface area contributed by atoms with Crippen molar-refractivity contribution in [3.05, 3.63) is 62.7 Å². The summed E-state index contributed by atoms with van der Waals surface area (Å²) in [5, 5.41) is 23.8. The molecule has 3 rings (SSSR count). The maximum atomic E-state index is 12.9. The van der Waals surface area contributed by atoms with Gasteiger partial charge in [0.05, 0.1) is 4.92 Å². The van der Waals surface area contributed by atoms with Crippen molar-refractivity contribution in [3.63, 3.8) is 0 Å². The van der Waals surface area contributed by atoms with E-state index >= 15 is 0 Å². The van der Waals surface area contributed by atoms with E-state index in [0.29, 0.717) is 41.2 Å². The van der Waals surface area contributed by atoms with Crippen LogP contribution in [0.15, 0.2) is 36.4 Å². The van der Waals surface area contributed by atoms with Crippen LogP contribution in [-0.4, -0.2) is 23.2 Å². The Hall–Kier alpha value is -2.45. The first-order chi connectivity index (χ1) is 14.3. The molecular formula is C21H23ClF2N2O4. The number of halogens is 3. The number of aliphatic hydroxyl groups is 1. The number of nitro groups is 1. The lowest BCUT2D eigenvalue weighted by molar-refractivity contribution is -0.384. The van der Waals surface area contributed by atoms with E-state index in [2.05, 4.69) is 12.2 Å². The molecule has 0 radical (unpaired) electrons. The van der Waals surface area contributed by atoms with Crippen LogP contribution in [0.3, 0.4) is 0 Å². The SMILES string of the molecule is C[C@H]1[C@@H](CCO)[C@H]1Cc1cccc(OC(F)F)c1CNc1cc(Cl)ccc1[N+](=O)[O-]. The summed E-state index contributed by atoms with van der Waals surface area (Å²) in [4.78, 5) is 10.8. The summed E-state index contributed by atoms with van der Waals surface area (Å²) in [7, 11) is 0. The van der Waals surface area contributed by atoms with Gasteiger partial charge in [0.2, 0.25) is 0 Å². The summed E-state index contributed by atoms with van der Waals surface area (Å²) in [6, 6.07) is 9.10. The van der Waals surface area contributed by atoms with E-state index in [1.54, 1.807) is 6.07 Å². The molecule has 2 aromatic carbocycles.